The minimum absolute atomic E-state index is 0.0177. The first-order valence-electron chi connectivity index (χ1n) is 9.19. The molecule has 2 aromatic rings. The number of benzene rings is 2. The molecular weight excluding hydrogens is 401 g/mol. The van der Waals surface area contributed by atoms with Crippen molar-refractivity contribution in [2.24, 2.45) is 0 Å². The highest BCUT2D eigenvalue weighted by molar-refractivity contribution is 7.96. The Kier molecular flexibility index (Phi) is 4.84. The number of fused-ring (bicyclic) bond motifs is 1. The lowest BCUT2D eigenvalue weighted by molar-refractivity contribution is 0.195. The molecule has 0 bridgehead atoms. The number of aryl methyl sites for hydroxylation is 1. The van der Waals surface area contributed by atoms with Gasteiger partial charge in [-0.15, -0.1) is 0 Å². The fourth-order valence-electron chi connectivity index (χ4n) is 4.20. The quantitative estimate of drug-likeness (QED) is 0.708. The van der Waals surface area contributed by atoms with Gasteiger partial charge in [-0.2, -0.15) is 0 Å². The van der Waals surface area contributed by atoms with Crippen LogP contribution >= 0.6 is 0 Å². The number of nitrogens with zero attached hydrogens (tertiary/aromatic N) is 1. The summed E-state index contributed by atoms with van der Waals surface area (Å²) >= 11 is 0. The molecule has 150 valence electrons. The second kappa shape index (κ2) is 6.93. The standard InChI is InChI=1S/C20H22FNO4S2/c1-14-10-17(6-7-18(14)21)28(25,26)20-13-27(23,24)12-19(20)22-9-8-15-4-2-3-5-16(15)11-22/h2-7,10,19-20H,8-9,11-13H2,1H3. The zero-order chi connectivity index (χ0) is 20.1. The highest BCUT2D eigenvalue weighted by Gasteiger charge is 2.48. The largest absolute Gasteiger partial charge is 0.293 e. The van der Waals surface area contributed by atoms with Crippen molar-refractivity contribution < 1.29 is 21.2 Å². The number of rotatable bonds is 3. The van der Waals surface area contributed by atoms with Crippen LogP contribution in [-0.2, 0) is 32.6 Å². The molecule has 5 nitrogen and oxygen atoms in total. The second-order valence-corrected chi connectivity index (χ2v) is 11.9. The molecule has 0 saturated carbocycles. The minimum Gasteiger partial charge on any atom is -0.293 e. The topological polar surface area (TPSA) is 71.5 Å². The van der Waals surface area contributed by atoms with Crippen LogP contribution in [0.2, 0.25) is 0 Å². The second-order valence-electron chi connectivity index (χ2n) is 7.63. The summed E-state index contributed by atoms with van der Waals surface area (Å²) in [5, 5.41) is -1.05. The third-order valence-electron chi connectivity index (χ3n) is 5.76. The molecule has 0 spiro atoms. The van der Waals surface area contributed by atoms with Crippen LogP contribution in [0.4, 0.5) is 4.39 Å². The van der Waals surface area contributed by atoms with Crippen molar-refractivity contribution in [3.63, 3.8) is 0 Å². The summed E-state index contributed by atoms with van der Waals surface area (Å²) in [6.07, 6.45) is 0.759. The van der Waals surface area contributed by atoms with Gasteiger partial charge in [-0.1, -0.05) is 24.3 Å². The summed E-state index contributed by atoms with van der Waals surface area (Å²) in [5.41, 5.74) is 2.55. The van der Waals surface area contributed by atoms with Crippen LogP contribution in [0.3, 0.4) is 0 Å². The van der Waals surface area contributed by atoms with E-state index in [0.29, 0.717) is 13.1 Å². The number of sulfone groups is 2. The summed E-state index contributed by atoms with van der Waals surface area (Å²) in [7, 11) is -7.39. The highest BCUT2D eigenvalue weighted by Crippen LogP contribution is 2.32. The molecule has 2 atom stereocenters. The molecule has 1 saturated heterocycles. The zero-order valence-corrected chi connectivity index (χ0v) is 17.1. The third kappa shape index (κ3) is 3.49. The van der Waals surface area contributed by atoms with Gasteiger partial charge in [0.05, 0.1) is 21.7 Å². The lowest BCUT2D eigenvalue weighted by Crippen LogP contribution is -2.48. The molecule has 1 fully saturated rings. The van der Waals surface area contributed by atoms with Gasteiger partial charge < -0.3 is 0 Å². The van der Waals surface area contributed by atoms with E-state index >= 15 is 0 Å². The third-order valence-corrected chi connectivity index (χ3v) is 9.87. The molecule has 8 heteroatoms. The van der Waals surface area contributed by atoms with Crippen LogP contribution < -0.4 is 0 Å². The maximum absolute atomic E-state index is 13.6. The first-order chi connectivity index (χ1) is 13.2. The van der Waals surface area contributed by atoms with Crippen molar-refractivity contribution in [3.8, 4) is 0 Å². The van der Waals surface area contributed by atoms with Gasteiger partial charge in [0, 0.05) is 19.1 Å². The Bertz CT molecular complexity index is 1130. The van der Waals surface area contributed by atoms with Gasteiger partial charge in [-0.05, 0) is 48.2 Å². The molecule has 4 rings (SSSR count). The fraction of sp³-hybridized carbons (Fsp3) is 0.400. The molecule has 2 aromatic carbocycles. The van der Waals surface area contributed by atoms with E-state index < -0.39 is 42.5 Å². The Morgan fingerprint density at radius 1 is 1.07 bits per heavy atom. The molecule has 2 aliphatic rings. The molecule has 0 radical (unpaired) electrons. The Labute approximate surface area is 165 Å². The molecule has 0 aliphatic carbocycles. The maximum atomic E-state index is 13.6. The van der Waals surface area contributed by atoms with Crippen LogP contribution in [0.1, 0.15) is 16.7 Å². The van der Waals surface area contributed by atoms with E-state index in [9.17, 15) is 21.2 Å². The molecule has 0 amide bonds. The Balaban J connectivity index is 1.70. The van der Waals surface area contributed by atoms with Gasteiger partial charge in [0.2, 0.25) is 0 Å². The van der Waals surface area contributed by atoms with E-state index in [2.05, 4.69) is 0 Å². The van der Waals surface area contributed by atoms with Crippen LogP contribution in [0.15, 0.2) is 47.4 Å². The predicted molar refractivity (Wildman–Crippen MR) is 105 cm³/mol. The lowest BCUT2D eigenvalue weighted by Gasteiger charge is -2.35. The Hall–Kier alpha value is -1.77. The number of hydrogen-bond acceptors (Lipinski definition) is 5. The van der Waals surface area contributed by atoms with Crippen LogP contribution in [0.5, 0.6) is 0 Å². The Morgan fingerprint density at radius 3 is 2.50 bits per heavy atom. The van der Waals surface area contributed by atoms with Crippen molar-refractivity contribution in [2.45, 2.75) is 36.1 Å². The number of hydrogen-bond donors (Lipinski definition) is 0. The van der Waals surface area contributed by atoms with Gasteiger partial charge in [-0.25, -0.2) is 21.2 Å². The highest BCUT2D eigenvalue weighted by atomic mass is 32.2. The van der Waals surface area contributed by atoms with Gasteiger partial charge >= 0.3 is 0 Å². The van der Waals surface area contributed by atoms with Crippen molar-refractivity contribution in [2.75, 3.05) is 18.1 Å². The molecule has 2 heterocycles. The van der Waals surface area contributed by atoms with Crippen molar-refractivity contribution in [1.82, 2.24) is 4.90 Å². The van der Waals surface area contributed by atoms with E-state index in [1.165, 1.54) is 24.6 Å². The van der Waals surface area contributed by atoms with E-state index in [-0.39, 0.29) is 16.2 Å². The van der Waals surface area contributed by atoms with Gasteiger partial charge in [-0.3, -0.25) is 4.90 Å². The molecule has 28 heavy (non-hydrogen) atoms. The van der Waals surface area contributed by atoms with Crippen LogP contribution in [-0.4, -0.2) is 51.1 Å². The first-order valence-corrected chi connectivity index (χ1v) is 12.6. The lowest BCUT2D eigenvalue weighted by atomic mass is 9.98. The number of halogens is 1. The molecule has 2 aliphatic heterocycles. The smallest absolute Gasteiger partial charge is 0.183 e. The summed E-state index contributed by atoms with van der Waals surface area (Å²) in [6.45, 7) is 2.65. The van der Waals surface area contributed by atoms with E-state index in [1.54, 1.807) is 0 Å². The average Bonchev–Trinajstić information content (AvgIpc) is 3.00. The van der Waals surface area contributed by atoms with E-state index in [0.717, 1.165) is 18.1 Å². The van der Waals surface area contributed by atoms with Crippen molar-refractivity contribution >= 4 is 19.7 Å². The fourth-order valence-corrected chi connectivity index (χ4v) is 9.12. The van der Waals surface area contributed by atoms with Crippen molar-refractivity contribution in [3.05, 3.63) is 65.0 Å². The summed E-state index contributed by atoms with van der Waals surface area (Å²) in [4.78, 5) is 1.96. The first kappa shape index (κ1) is 19.5. The van der Waals surface area contributed by atoms with Crippen molar-refractivity contribution in [1.29, 1.82) is 0 Å². The average molecular weight is 424 g/mol. The SMILES string of the molecule is Cc1cc(S(=O)(=O)C2CS(=O)(=O)CC2N2CCc3ccccc3C2)ccc1F. The van der Waals surface area contributed by atoms with Crippen LogP contribution in [0, 0.1) is 12.7 Å². The van der Waals surface area contributed by atoms with E-state index in [4.69, 9.17) is 0 Å². The monoisotopic (exact) mass is 423 g/mol. The summed E-state index contributed by atoms with van der Waals surface area (Å²) in [5.74, 6) is -1.05. The molecular formula is C20H22FNO4S2. The normalized spacial score (nSPS) is 24.8. The zero-order valence-electron chi connectivity index (χ0n) is 15.5. The summed E-state index contributed by atoms with van der Waals surface area (Å²) < 4.78 is 64.9. The van der Waals surface area contributed by atoms with Gasteiger partial charge in [0.1, 0.15) is 5.82 Å². The van der Waals surface area contributed by atoms with Crippen LogP contribution in [0.25, 0.3) is 0 Å². The van der Waals surface area contributed by atoms with E-state index in [1.807, 2.05) is 29.2 Å². The minimum atomic E-state index is -3.91. The molecule has 2 unspecified atom stereocenters. The Morgan fingerprint density at radius 2 is 1.79 bits per heavy atom. The maximum Gasteiger partial charge on any atom is 0.183 e. The molecule has 0 N–H and O–H groups in total. The molecule has 0 aromatic heterocycles. The summed E-state index contributed by atoms with van der Waals surface area (Å²) in [6, 6.07) is 11.0. The predicted octanol–water partition coefficient (Wildman–Crippen LogP) is 2.13. The van der Waals surface area contributed by atoms with Gasteiger partial charge in [0.15, 0.2) is 19.7 Å². The van der Waals surface area contributed by atoms with Gasteiger partial charge in [0.25, 0.3) is 0 Å².